The summed E-state index contributed by atoms with van der Waals surface area (Å²) in [7, 11) is 0. The van der Waals surface area contributed by atoms with Crippen molar-refractivity contribution in [2.24, 2.45) is 5.92 Å². The Morgan fingerprint density at radius 1 is 1.75 bits per heavy atom. The molecule has 0 radical (unpaired) electrons. The van der Waals surface area contributed by atoms with Gasteiger partial charge in [-0.1, -0.05) is 0 Å². The third-order valence-electron chi connectivity index (χ3n) is 1.77. The SMILES string of the molecule is O=C(Nc1ccn[nH]1)C1COC1. The molecule has 1 aliphatic rings. The molecule has 0 bridgehead atoms. The van der Waals surface area contributed by atoms with Crippen molar-refractivity contribution in [3.8, 4) is 0 Å². The number of nitrogens with one attached hydrogen (secondary N) is 2. The lowest BCUT2D eigenvalue weighted by Crippen LogP contribution is -2.38. The van der Waals surface area contributed by atoms with Gasteiger partial charge in [0.05, 0.1) is 25.3 Å². The lowest BCUT2D eigenvalue weighted by molar-refractivity contribution is -0.133. The maximum absolute atomic E-state index is 11.3. The maximum atomic E-state index is 11.3. The highest BCUT2D eigenvalue weighted by molar-refractivity contribution is 5.92. The van der Waals surface area contributed by atoms with E-state index in [1.54, 1.807) is 12.3 Å². The first kappa shape index (κ1) is 7.30. The van der Waals surface area contributed by atoms with E-state index < -0.39 is 0 Å². The molecule has 5 heteroatoms. The Kier molecular flexibility index (Phi) is 1.79. The maximum Gasteiger partial charge on any atom is 0.233 e. The van der Waals surface area contributed by atoms with E-state index >= 15 is 0 Å². The van der Waals surface area contributed by atoms with Crippen LogP contribution in [0.4, 0.5) is 5.82 Å². The van der Waals surface area contributed by atoms with Crippen LogP contribution < -0.4 is 5.32 Å². The van der Waals surface area contributed by atoms with Crippen LogP contribution in [0.15, 0.2) is 12.3 Å². The molecule has 0 atom stereocenters. The van der Waals surface area contributed by atoms with Crippen molar-refractivity contribution in [1.29, 1.82) is 0 Å². The van der Waals surface area contributed by atoms with E-state index in [1.165, 1.54) is 0 Å². The van der Waals surface area contributed by atoms with Gasteiger partial charge in [-0.15, -0.1) is 0 Å². The molecule has 0 saturated carbocycles. The minimum atomic E-state index is -0.00880. The number of nitrogens with zero attached hydrogens (tertiary/aromatic N) is 1. The van der Waals surface area contributed by atoms with Crippen LogP contribution in [0.25, 0.3) is 0 Å². The van der Waals surface area contributed by atoms with E-state index in [4.69, 9.17) is 4.74 Å². The van der Waals surface area contributed by atoms with Crippen LogP contribution in [-0.2, 0) is 9.53 Å². The van der Waals surface area contributed by atoms with Crippen molar-refractivity contribution in [2.45, 2.75) is 0 Å². The number of aromatic nitrogens is 2. The van der Waals surface area contributed by atoms with Gasteiger partial charge in [-0.3, -0.25) is 9.89 Å². The Labute approximate surface area is 69.1 Å². The van der Waals surface area contributed by atoms with Gasteiger partial charge in [0.1, 0.15) is 5.82 Å². The third-order valence-corrected chi connectivity index (χ3v) is 1.77. The first-order chi connectivity index (χ1) is 5.86. The molecule has 1 aromatic heterocycles. The van der Waals surface area contributed by atoms with E-state index in [2.05, 4.69) is 15.5 Å². The Hall–Kier alpha value is -1.36. The fourth-order valence-corrected chi connectivity index (χ4v) is 0.947. The minimum absolute atomic E-state index is 0.00769. The molecular weight excluding hydrogens is 158 g/mol. The predicted molar refractivity (Wildman–Crippen MR) is 41.5 cm³/mol. The Bertz CT molecular complexity index is 266. The molecule has 1 fully saturated rings. The average Bonchev–Trinajstić information content (AvgIpc) is 2.34. The lowest BCUT2D eigenvalue weighted by atomic mass is 10.1. The van der Waals surface area contributed by atoms with Gasteiger partial charge in [0.25, 0.3) is 0 Å². The highest BCUT2D eigenvalue weighted by atomic mass is 16.5. The topological polar surface area (TPSA) is 67.0 Å². The molecule has 0 aromatic carbocycles. The van der Waals surface area contributed by atoms with Crippen molar-refractivity contribution in [2.75, 3.05) is 18.5 Å². The number of carbonyl (C=O) groups excluding carboxylic acids is 1. The number of hydrogen-bond donors (Lipinski definition) is 2. The van der Waals surface area contributed by atoms with Crippen LogP contribution in [0.1, 0.15) is 0 Å². The van der Waals surface area contributed by atoms with Crippen LogP contribution >= 0.6 is 0 Å². The van der Waals surface area contributed by atoms with Gasteiger partial charge >= 0.3 is 0 Å². The van der Waals surface area contributed by atoms with Crippen molar-refractivity contribution in [1.82, 2.24) is 10.2 Å². The molecule has 12 heavy (non-hydrogen) atoms. The van der Waals surface area contributed by atoms with Gasteiger partial charge in [0.15, 0.2) is 0 Å². The van der Waals surface area contributed by atoms with Gasteiger partial charge in [-0.05, 0) is 0 Å². The van der Waals surface area contributed by atoms with Gasteiger partial charge in [-0.25, -0.2) is 0 Å². The molecule has 1 amide bonds. The quantitative estimate of drug-likeness (QED) is 0.651. The number of carbonyl (C=O) groups is 1. The lowest BCUT2D eigenvalue weighted by Gasteiger charge is -2.24. The summed E-state index contributed by atoms with van der Waals surface area (Å²) < 4.78 is 4.89. The molecular formula is C7H9N3O2. The second-order valence-electron chi connectivity index (χ2n) is 2.69. The van der Waals surface area contributed by atoms with Gasteiger partial charge in [0.2, 0.25) is 5.91 Å². The van der Waals surface area contributed by atoms with Gasteiger partial charge in [-0.2, -0.15) is 5.10 Å². The summed E-state index contributed by atoms with van der Waals surface area (Å²) in [4.78, 5) is 11.3. The van der Waals surface area contributed by atoms with Gasteiger partial charge < -0.3 is 10.1 Å². The first-order valence-corrected chi connectivity index (χ1v) is 3.74. The number of aromatic amines is 1. The van der Waals surface area contributed by atoms with Crippen molar-refractivity contribution in [3.05, 3.63) is 12.3 Å². The highest BCUT2D eigenvalue weighted by Gasteiger charge is 2.26. The van der Waals surface area contributed by atoms with Crippen LogP contribution in [0.5, 0.6) is 0 Å². The number of H-pyrrole nitrogens is 1. The summed E-state index contributed by atoms with van der Waals surface area (Å²) in [5.74, 6) is 0.630. The van der Waals surface area contributed by atoms with Crippen molar-refractivity contribution < 1.29 is 9.53 Å². The Morgan fingerprint density at radius 2 is 2.58 bits per heavy atom. The summed E-state index contributed by atoms with van der Waals surface area (Å²) in [5.41, 5.74) is 0. The van der Waals surface area contributed by atoms with Crippen LogP contribution in [0, 0.1) is 5.92 Å². The summed E-state index contributed by atoms with van der Waals surface area (Å²) in [6, 6.07) is 1.71. The zero-order valence-electron chi connectivity index (χ0n) is 6.41. The summed E-state index contributed by atoms with van der Waals surface area (Å²) in [6.07, 6.45) is 1.59. The Balaban J connectivity index is 1.90. The molecule has 2 rings (SSSR count). The molecule has 0 spiro atoms. The molecule has 0 aliphatic carbocycles. The van der Waals surface area contributed by atoms with Crippen LogP contribution in [0.3, 0.4) is 0 Å². The monoisotopic (exact) mass is 167 g/mol. The number of rotatable bonds is 2. The summed E-state index contributed by atoms with van der Waals surface area (Å²) in [6.45, 7) is 1.06. The van der Waals surface area contributed by atoms with Gasteiger partial charge in [0, 0.05) is 6.07 Å². The van der Waals surface area contributed by atoms with Crippen molar-refractivity contribution in [3.63, 3.8) is 0 Å². The number of anilines is 1. The zero-order valence-corrected chi connectivity index (χ0v) is 6.41. The molecule has 0 unspecified atom stereocenters. The summed E-state index contributed by atoms with van der Waals surface area (Å²) in [5, 5.41) is 9.04. The number of ether oxygens (including phenoxy) is 1. The van der Waals surface area contributed by atoms with Crippen LogP contribution in [-0.4, -0.2) is 29.3 Å². The number of amides is 1. The minimum Gasteiger partial charge on any atom is -0.380 e. The summed E-state index contributed by atoms with van der Waals surface area (Å²) >= 11 is 0. The standard InChI is InChI=1S/C7H9N3O2/c11-7(5-3-12-4-5)9-6-1-2-8-10-6/h1-2,5H,3-4H2,(H2,8,9,10,11). The number of hydrogen-bond acceptors (Lipinski definition) is 3. The van der Waals surface area contributed by atoms with E-state index in [-0.39, 0.29) is 11.8 Å². The van der Waals surface area contributed by atoms with E-state index in [1.807, 2.05) is 0 Å². The van der Waals surface area contributed by atoms with E-state index in [9.17, 15) is 4.79 Å². The molecule has 1 aliphatic heterocycles. The molecule has 64 valence electrons. The normalized spacial score (nSPS) is 17.0. The predicted octanol–water partition coefficient (Wildman–Crippen LogP) is -0.00540. The molecule has 2 N–H and O–H groups in total. The van der Waals surface area contributed by atoms with Crippen molar-refractivity contribution >= 4 is 11.7 Å². The van der Waals surface area contributed by atoms with E-state index in [0.717, 1.165) is 0 Å². The van der Waals surface area contributed by atoms with Crippen LogP contribution in [0.2, 0.25) is 0 Å². The molecule has 5 nitrogen and oxygen atoms in total. The zero-order chi connectivity index (χ0) is 8.39. The Morgan fingerprint density at radius 3 is 3.08 bits per heavy atom. The molecule has 1 saturated heterocycles. The molecule has 2 heterocycles. The second kappa shape index (κ2) is 2.94. The highest BCUT2D eigenvalue weighted by Crippen LogP contribution is 2.12. The fourth-order valence-electron chi connectivity index (χ4n) is 0.947. The largest absolute Gasteiger partial charge is 0.380 e. The van der Waals surface area contributed by atoms with E-state index in [0.29, 0.717) is 19.0 Å². The first-order valence-electron chi connectivity index (χ1n) is 3.74. The molecule has 1 aromatic rings. The second-order valence-corrected chi connectivity index (χ2v) is 2.69. The third kappa shape index (κ3) is 1.31. The average molecular weight is 167 g/mol. The smallest absolute Gasteiger partial charge is 0.233 e. The fraction of sp³-hybridized carbons (Fsp3) is 0.429.